The van der Waals surface area contributed by atoms with Crippen LogP contribution in [-0.2, 0) is 9.59 Å². The number of nitrogens with two attached hydrogens (primary N) is 2. The number of aliphatic hydroxyl groups is 4. The Balaban J connectivity index is 2.74. The highest BCUT2D eigenvalue weighted by atomic mass is 16.3. The molecule has 1 fully saturated rings. The predicted octanol–water partition coefficient (Wildman–Crippen LogP) is 8.49. The van der Waals surface area contributed by atoms with Crippen molar-refractivity contribution in [3.8, 4) is 0 Å². The van der Waals surface area contributed by atoms with Crippen molar-refractivity contribution < 1.29 is 30.0 Å². The van der Waals surface area contributed by atoms with Crippen molar-refractivity contribution in [3.05, 3.63) is 24.3 Å². The molecule has 1 aliphatic rings. The van der Waals surface area contributed by atoms with Crippen LogP contribution in [0.25, 0.3) is 0 Å². The average Bonchev–Trinajstić information content (AvgIpc) is 3.28. The van der Waals surface area contributed by atoms with Crippen LogP contribution in [-0.4, -0.2) is 117 Å². The molecule has 0 aromatic rings. The molecule has 1 heterocycles. The smallest absolute Gasteiger partial charge is 0.221 e. The fraction of sp³-hybridized carbons (Fsp3) is 0.885. The largest absolute Gasteiger partial charge is 0.392 e. The number of unbranched alkanes of at least 4 members (excludes halogenated alkanes) is 22. The molecule has 12 heteroatoms. The van der Waals surface area contributed by atoms with Crippen LogP contribution < -0.4 is 22.1 Å². The molecule has 1 aliphatic heterocycles. The SMILES string of the molecule is CCCCCCCCC=CCCCCCCCC(=O)NC(CC(O)CN)(C(C)O)N1CCN(C(CC(O)CN)(NC(=O)CCCCCCC/C=C\CCCCCCCC)C(C)O)CC1. The molecule has 0 bridgehead atoms. The summed E-state index contributed by atoms with van der Waals surface area (Å²) in [6, 6.07) is 0. The van der Waals surface area contributed by atoms with Gasteiger partial charge in [0.15, 0.2) is 0 Å². The van der Waals surface area contributed by atoms with E-state index in [1.54, 1.807) is 13.8 Å². The van der Waals surface area contributed by atoms with Crippen molar-refractivity contribution >= 4 is 11.8 Å². The highest BCUT2D eigenvalue weighted by molar-refractivity contribution is 5.77. The standard InChI is InChI=1S/C52H102N6O6/c1-5-7-9-11-13-15-17-19-21-23-25-27-29-31-33-35-49(63)55-51(45(3)59,41-47(61)43-53)57-37-39-58(40-38-57)52(46(4)60,42-48(62)44-54)56-50(64)36-34-32-30-28-26-24-22-20-18-16-14-12-10-8-6-2/h19-22,45-48,59-62H,5-18,23-44,53-54H2,1-4H3,(H,55,63)(H,56,64)/b21-19-,22-20?. The van der Waals surface area contributed by atoms with Crippen LogP contribution >= 0.6 is 0 Å². The van der Waals surface area contributed by atoms with E-state index in [2.05, 4.69) is 48.8 Å². The monoisotopic (exact) mass is 907 g/mol. The minimum atomic E-state index is -1.28. The zero-order valence-electron chi connectivity index (χ0n) is 41.7. The maximum atomic E-state index is 13.5. The summed E-state index contributed by atoms with van der Waals surface area (Å²) in [4.78, 5) is 31.1. The highest BCUT2D eigenvalue weighted by Gasteiger charge is 2.49. The van der Waals surface area contributed by atoms with Gasteiger partial charge in [-0.3, -0.25) is 19.4 Å². The number of nitrogens with zero attached hydrogens (tertiary/aromatic N) is 2. The van der Waals surface area contributed by atoms with Crippen molar-refractivity contribution in [2.24, 2.45) is 11.5 Å². The van der Waals surface area contributed by atoms with E-state index in [1.807, 2.05) is 9.80 Å². The van der Waals surface area contributed by atoms with Crippen LogP contribution in [0, 0.1) is 0 Å². The number of carbonyl (C=O) groups is 2. The Hall–Kier alpha value is -1.90. The first-order chi connectivity index (χ1) is 30.9. The summed E-state index contributed by atoms with van der Waals surface area (Å²) in [5, 5.41) is 50.7. The number of hydrogen-bond acceptors (Lipinski definition) is 10. The van der Waals surface area contributed by atoms with Gasteiger partial charge in [0, 0.05) is 65.0 Å². The molecule has 10 N–H and O–H groups in total. The third kappa shape index (κ3) is 25.9. The number of rotatable bonds is 42. The van der Waals surface area contributed by atoms with E-state index in [-0.39, 0.29) is 37.7 Å². The van der Waals surface area contributed by atoms with E-state index < -0.39 is 35.7 Å². The van der Waals surface area contributed by atoms with Crippen molar-refractivity contribution in [3.63, 3.8) is 0 Å². The van der Waals surface area contributed by atoms with Gasteiger partial charge in [-0.1, -0.05) is 141 Å². The van der Waals surface area contributed by atoms with Gasteiger partial charge in [-0.15, -0.1) is 0 Å². The lowest BCUT2D eigenvalue weighted by Crippen LogP contribution is -2.75. The van der Waals surface area contributed by atoms with E-state index in [1.165, 1.54) is 89.9 Å². The molecule has 1 saturated heterocycles. The summed E-state index contributed by atoms with van der Waals surface area (Å²) >= 11 is 0. The molecule has 0 aromatic heterocycles. The third-order valence-electron chi connectivity index (χ3n) is 13.5. The van der Waals surface area contributed by atoms with Gasteiger partial charge in [0.1, 0.15) is 11.3 Å². The fourth-order valence-corrected chi connectivity index (χ4v) is 9.31. The summed E-state index contributed by atoms with van der Waals surface area (Å²) in [7, 11) is 0. The number of carbonyl (C=O) groups excluding carboxylic acids is 2. The first-order valence-corrected chi connectivity index (χ1v) is 26.5. The predicted molar refractivity (Wildman–Crippen MR) is 267 cm³/mol. The van der Waals surface area contributed by atoms with Crippen LogP contribution in [0.15, 0.2) is 24.3 Å². The minimum Gasteiger partial charge on any atom is -0.392 e. The third-order valence-corrected chi connectivity index (χ3v) is 13.5. The molecule has 0 saturated carbocycles. The number of hydrogen-bond donors (Lipinski definition) is 8. The second-order valence-corrected chi connectivity index (χ2v) is 19.1. The summed E-state index contributed by atoms with van der Waals surface area (Å²) in [5.74, 6) is -0.366. The Morgan fingerprint density at radius 1 is 0.484 bits per heavy atom. The number of nitrogens with one attached hydrogen (secondary N) is 2. The number of amides is 2. The van der Waals surface area contributed by atoms with Gasteiger partial charge in [-0.25, -0.2) is 0 Å². The second-order valence-electron chi connectivity index (χ2n) is 19.1. The Morgan fingerprint density at radius 2 is 0.750 bits per heavy atom. The summed E-state index contributed by atoms with van der Waals surface area (Å²) < 4.78 is 0. The number of aliphatic hydroxyl groups excluding tert-OH is 4. The molecule has 0 aromatic carbocycles. The Kier molecular flexibility index (Phi) is 35.8. The normalized spacial score (nSPS) is 17.9. The lowest BCUT2D eigenvalue weighted by Gasteiger charge is -2.54. The Morgan fingerprint density at radius 3 is 1.02 bits per heavy atom. The van der Waals surface area contributed by atoms with E-state index in [0.29, 0.717) is 39.0 Å². The first-order valence-electron chi connectivity index (χ1n) is 26.5. The lowest BCUT2D eigenvalue weighted by molar-refractivity contribution is -0.150. The second kappa shape index (κ2) is 38.1. The van der Waals surface area contributed by atoms with Crippen molar-refractivity contribution in [2.45, 2.75) is 256 Å². The molecule has 6 unspecified atom stereocenters. The molecular formula is C52H102N6O6. The zero-order chi connectivity index (χ0) is 47.3. The molecule has 1 rings (SSSR count). The molecule has 2 amide bonds. The molecule has 12 nitrogen and oxygen atoms in total. The van der Waals surface area contributed by atoms with Crippen molar-refractivity contribution in [1.82, 2.24) is 20.4 Å². The highest BCUT2D eigenvalue weighted by Crippen LogP contribution is 2.31. The lowest BCUT2D eigenvalue weighted by atomic mass is 9.90. The topological polar surface area (TPSA) is 198 Å². The van der Waals surface area contributed by atoms with Gasteiger partial charge in [0.05, 0.1) is 24.4 Å². The van der Waals surface area contributed by atoms with Crippen LogP contribution in [0.3, 0.4) is 0 Å². The van der Waals surface area contributed by atoms with E-state index in [0.717, 1.165) is 77.0 Å². The maximum absolute atomic E-state index is 13.5. The van der Waals surface area contributed by atoms with Crippen molar-refractivity contribution in [2.75, 3.05) is 39.3 Å². The van der Waals surface area contributed by atoms with E-state index >= 15 is 0 Å². The first kappa shape index (κ1) is 60.1. The maximum Gasteiger partial charge on any atom is 0.221 e. The molecule has 0 aliphatic carbocycles. The van der Waals surface area contributed by atoms with Crippen LogP contribution in [0.1, 0.15) is 220 Å². The van der Waals surface area contributed by atoms with Gasteiger partial charge >= 0.3 is 0 Å². The quantitative estimate of drug-likeness (QED) is 0.0217. The van der Waals surface area contributed by atoms with Crippen LogP contribution in [0.5, 0.6) is 0 Å². The molecule has 64 heavy (non-hydrogen) atoms. The molecule has 0 radical (unpaired) electrons. The van der Waals surface area contributed by atoms with E-state index in [9.17, 15) is 30.0 Å². The molecule has 376 valence electrons. The number of piperazine rings is 1. The summed E-state index contributed by atoms with van der Waals surface area (Å²) in [5.41, 5.74) is 9.21. The zero-order valence-corrected chi connectivity index (χ0v) is 41.7. The van der Waals surface area contributed by atoms with Gasteiger partial charge in [0.25, 0.3) is 0 Å². The van der Waals surface area contributed by atoms with Gasteiger partial charge in [-0.05, 0) is 78.1 Å². The molecular weight excluding hydrogens is 805 g/mol. The molecule has 6 atom stereocenters. The van der Waals surface area contributed by atoms with Gasteiger partial charge in [0.2, 0.25) is 11.8 Å². The minimum absolute atomic E-state index is 0.0244. The van der Waals surface area contributed by atoms with Crippen molar-refractivity contribution in [1.29, 1.82) is 0 Å². The summed E-state index contributed by atoms with van der Waals surface area (Å²) in [6.45, 7) is 9.13. The van der Waals surface area contributed by atoms with Gasteiger partial charge in [-0.2, -0.15) is 0 Å². The average molecular weight is 907 g/mol. The summed E-state index contributed by atoms with van der Waals surface area (Å²) in [6.07, 6.45) is 36.5. The van der Waals surface area contributed by atoms with E-state index in [4.69, 9.17) is 11.5 Å². The number of allylic oxidation sites excluding steroid dienone is 4. The Labute approximate surface area is 392 Å². The molecule has 0 spiro atoms. The van der Waals surface area contributed by atoms with Crippen LogP contribution in [0.4, 0.5) is 0 Å². The Bertz CT molecular complexity index is 1110. The van der Waals surface area contributed by atoms with Crippen LogP contribution in [0.2, 0.25) is 0 Å². The fourth-order valence-electron chi connectivity index (χ4n) is 9.31. The van der Waals surface area contributed by atoms with Gasteiger partial charge < -0.3 is 42.5 Å².